The summed E-state index contributed by atoms with van der Waals surface area (Å²) in [6.07, 6.45) is 5.16. The van der Waals surface area contributed by atoms with Crippen LogP contribution in [0.1, 0.15) is 44.7 Å². The van der Waals surface area contributed by atoms with Gasteiger partial charge in [-0.05, 0) is 43.5 Å². The highest BCUT2D eigenvalue weighted by atomic mass is 16.5. The van der Waals surface area contributed by atoms with Crippen molar-refractivity contribution in [2.75, 3.05) is 43.2 Å². The fourth-order valence-corrected chi connectivity index (χ4v) is 4.57. The van der Waals surface area contributed by atoms with E-state index in [1.54, 1.807) is 7.11 Å². The van der Waals surface area contributed by atoms with E-state index in [1.165, 1.54) is 6.92 Å². The van der Waals surface area contributed by atoms with Crippen LogP contribution >= 0.6 is 0 Å². The molecule has 2 saturated heterocycles. The third-order valence-electron chi connectivity index (χ3n) is 6.19. The first-order valence-electron chi connectivity index (χ1n) is 11.4. The van der Waals surface area contributed by atoms with Gasteiger partial charge in [0.15, 0.2) is 0 Å². The molecule has 3 atom stereocenters. The Kier molecular flexibility index (Phi) is 7.09. The van der Waals surface area contributed by atoms with Gasteiger partial charge in [0.2, 0.25) is 11.9 Å². The molecule has 1 aromatic heterocycles. The summed E-state index contributed by atoms with van der Waals surface area (Å²) in [6.45, 7) is 6.88. The second-order valence-electron chi connectivity index (χ2n) is 8.63. The number of nitrogens with one attached hydrogen (secondary N) is 1. The molecular weight excluding hydrogens is 406 g/mol. The van der Waals surface area contributed by atoms with Crippen LogP contribution in [-0.2, 0) is 9.53 Å². The zero-order valence-electron chi connectivity index (χ0n) is 19.2. The second-order valence-corrected chi connectivity index (χ2v) is 8.63. The molecule has 2 aromatic rings. The van der Waals surface area contributed by atoms with E-state index < -0.39 is 0 Å². The largest absolute Gasteiger partial charge is 0.489 e. The highest BCUT2D eigenvalue weighted by Gasteiger charge is 2.29. The van der Waals surface area contributed by atoms with E-state index in [9.17, 15) is 4.79 Å². The van der Waals surface area contributed by atoms with Crippen molar-refractivity contribution < 1.29 is 14.3 Å². The molecule has 8 heteroatoms. The summed E-state index contributed by atoms with van der Waals surface area (Å²) in [6, 6.07) is 10.3. The molecule has 3 heterocycles. The van der Waals surface area contributed by atoms with Crippen molar-refractivity contribution in [2.45, 2.75) is 51.3 Å². The predicted molar refractivity (Wildman–Crippen MR) is 124 cm³/mol. The lowest BCUT2D eigenvalue weighted by Crippen LogP contribution is -2.34. The first-order chi connectivity index (χ1) is 15.5. The SMILES string of the molecule is COC[C@H]1CCCN1c1nccc(N2CC[C@@H](Oc3ccc([C@H](C)NC(C)=O)cc3)C2)n1. The number of hydrogen-bond acceptors (Lipinski definition) is 7. The van der Waals surface area contributed by atoms with E-state index in [1.807, 2.05) is 43.5 Å². The van der Waals surface area contributed by atoms with Gasteiger partial charge in [-0.25, -0.2) is 4.98 Å². The summed E-state index contributed by atoms with van der Waals surface area (Å²) in [4.78, 5) is 25.2. The zero-order valence-corrected chi connectivity index (χ0v) is 19.2. The van der Waals surface area contributed by atoms with Crippen LogP contribution in [0.5, 0.6) is 5.75 Å². The van der Waals surface area contributed by atoms with Crippen molar-refractivity contribution in [3.63, 3.8) is 0 Å². The average Bonchev–Trinajstić information content (AvgIpc) is 3.44. The van der Waals surface area contributed by atoms with Gasteiger partial charge in [0, 0.05) is 39.7 Å². The Bertz CT molecular complexity index is 907. The number of hydrogen-bond donors (Lipinski definition) is 1. The summed E-state index contributed by atoms with van der Waals surface area (Å²) in [5.41, 5.74) is 1.06. The minimum atomic E-state index is -0.0318. The number of carbonyl (C=O) groups is 1. The highest BCUT2D eigenvalue weighted by Crippen LogP contribution is 2.27. The van der Waals surface area contributed by atoms with Gasteiger partial charge >= 0.3 is 0 Å². The Morgan fingerprint density at radius 2 is 2.03 bits per heavy atom. The number of ether oxygens (including phenoxy) is 2. The fourth-order valence-electron chi connectivity index (χ4n) is 4.57. The van der Waals surface area contributed by atoms with E-state index >= 15 is 0 Å². The maximum atomic E-state index is 11.3. The van der Waals surface area contributed by atoms with Crippen LogP contribution < -0.4 is 19.9 Å². The zero-order chi connectivity index (χ0) is 22.5. The third kappa shape index (κ3) is 5.30. The number of methoxy groups -OCH3 is 1. The number of anilines is 2. The Morgan fingerprint density at radius 1 is 1.22 bits per heavy atom. The summed E-state index contributed by atoms with van der Waals surface area (Å²) < 4.78 is 11.6. The molecule has 0 radical (unpaired) electrons. The number of amides is 1. The van der Waals surface area contributed by atoms with Crippen molar-refractivity contribution in [2.24, 2.45) is 0 Å². The molecule has 0 aliphatic carbocycles. The summed E-state index contributed by atoms with van der Waals surface area (Å²) in [5, 5.41) is 2.90. The minimum Gasteiger partial charge on any atom is -0.489 e. The van der Waals surface area contributed by atoms with Gasteiger partial charge in [-0.1, -0.05) is 12.1 Å². The topological polar surface area (TPSA) is 79.8 Å². The maximum Gasteiger partial charge on any atom is 0.227 e. The van der Waals surface area contributed by atoms with E-state index in [4.69, 9.17) is 14.5 Å². The molecule has 1 aromatic carbocycles. The molecule has 0 spiro atoms. The molecule has 1 N–H and O–H groups in total. The molecule has 0 bridgehead atoms. The number of nitrogens with zero attached hydrogens (tertiary/aromatic N) is 4. The van der Waals surface area contributed by atoms with Crippen molar-refractivity contribution in [1.29, 1.82) is 0 Å². The lowest BCUT2D eigenvalue weighted by molar-refractivity contribution is -0.119. The second kappa shape index (κ2) is 10.2. The summed E-state index contributed by atoms with van der Waals surface area (Å²) >= 11 is 0. The predicted octanol–water partition coefficient (Wildman–Crippen LogP) is 2.95. The van der Waals surface area contributed by atoms with Gasteiger partial charge < -0.3 is 24.6 Å². The molecule has 8 nitrogen and oxygen atoms in total. The average molecular weight is 440 g/mol. The van der Waals surface area contributed by atoms with Gasteiger partial charge in [-0.15, -0.1) is 0 Å². The van der Waals surface area contributed by atoms with Crippen LogP contribution in [-0.4, -0.2) is 61.4 Å². The first-order valence-corrected chi connectivity index (χ1v) is 11.4. The molecule has 172 valence electrons. The molecule has 2 aliphatic heterocycles. The molecule has 4 rings (SSSR count). The van der Waals surface area contributed by atoms with Crippen LogP contribution in [0, 0.1) is 0 Å². The van der Waals surface area contributed by atoms with Crippen molar-refractivity contribution >= 4 is 17.7 Å². The molecule has 1 amide bonds. The van der Waals surface area contributed by atoms with Crippen LogP contribution in [0.3, 0.4) is 0 Å². The number of benzene rings is 1. The minimum absolute atomic E-state index is 0.0189. The number of rotatable bonds is 8. The van der Waals surface area contributed by atoms with Crippen LogP contribution in [0.15, 0.2) is 36.5 Å². The Labute approximate surface area is 189 Å². The molecule has 2 aliphatic rings. The van der Waals surface area contributed by atoms with Crippen molar-refractivity contribution in [1.82, 2.24) is 15.3 Å². The third-order valence-corrected chi connectivity index (χ3v) is 6.19. The smallest absolute Gasteiger partial charge is 0.227 e. The van der Waals surface area contributed by atoms with E-state index in [-0.39, 0.29) is 18.1 Å². The Morgan fingerprint density at radius 3 is 2.78 bits per heavy atom. The van der Waals surface area contributed by atoms with E-state index in [0.717, 1.165) is 62.0 Å². The molecule has 0 unspecified atom stereocenters. The normalized spacial score (nSPS) is 21.6. The van der Waals surface area contributed by atoms with Gasteiger partial charge in [-0.2, -0.15) is 4.98 Å². The summed E-state index contributed by atoms with van der Waals surface area (Å²) in [5.74, 6) is 2.55. The number of aromatic nitrogens is 2. The maximum absolute atomic E-state index is 11.3. The first kappa shape index (κ1) is 22.3. The van der Waals surface area contributed by atoms with E-state index in [2.05, 4.69) is 20.1 Å². The highest BCUT2D eigenvalue weighted by molar-refractivity contribution is 5.73. The summed E-state index contributed by atoms with van der Waals surface area (Å²) in [7, 11) is 1.75. The fraction of sp³-hybridized carbons (Fsp3) is 0.542. The van der Waals surface area contributed by atoms with Gasteiger partial charge in [0.1, 0.15) is 17.7 Å². The molecular formula is C24H33N5O3. The standard InChI is InChI=1S/C24H33N5O3/c1-17(26-18(2)30)19-6-8-21(9-7-19)32-22-11-14-28(15-22)23-10-12-25-24(27-23)29-13-4-5-20(29)16-31-3/h6-10,12,17,20,22H,4-5,11,13-16H2,1-3H3,(H,26,30)/t17-,20+,22+/m0/s1. The van der Waals surface area contributed by atoms with Crippen molar-refractivity contribution in [3.8, 4) is 5.75 Å². The van der Waals surface area contributed by atoms with Gasteiger partial charge in [0.25, 0.3) is 0 Å². The monoisotopic (exact) mass is 439 g/mol. The molecule has 0 saturated carbocycles. The van der Waals surface area contributed by atoms with Crippen LogP contribution in [0.25, 0.3) is 0 Å². The van der Waals surface area contributed by atoms with Crippen LogP contribution in [0.4, 0.5) is 11.8 Å². The van der Waals surface area contributed by atoms with E-state index in [0.29, 0.717) is 12.6 Å². The number of carbonyl (C=O) groups excluding carboxylic acids is 1. The molecule has 2 fully saturated rings. The quantitative estimate of drug-likeness (QED) is 0.677. The van der Waals surface area contributed by atoms with Crippen molar-refractivity contribution in [3.05, 3.63) is 42.1 Å². The Balaban J connectivity index is 1.35. The van der Waals surface area contributed by atoms with Gasteiger partial charge in [-0.3, -0.25) is 4.79 Å². The molecule has 32 heavy (non-hydrogen) atoms. The van der Waals surface area contributed by atoms with Gasteiger partial charge in [0.05, 0.1) is 25.2 Å². The lowest BCUT2D eigenvalue weighted by atomic mass is 10.1. The Hall–Kier alpha value is -2.87. The van der Waals surface area contributed by atoms with Crippen LogP contribution in [0.2, 0.25) is 0 Å². The lowest BCUT2D eigenvalue weighted by Gasteiger charge is -2.25.